The number of nitrogens with one attached hydrogen (secondary N) is 1. The normalized spacial score (nSPS) is 14.6. The molecule has 3 rings (SSSR count). The quantitative estimate of drug-likeness (QED) is 0.498. The highest BCUT2D eigenvalue weighted by Gasteiger charge is 2.56. The Morgan fingerprint density at radius 3 is 2.39 bits per heavy atom. The molecule has 168 valence electrons. The number of hydrogen-bond donors (Lipinski definition) is 2. The second-order valence-electron chi connectivity index (χ2n) is 8.72. The van der Waals surface area contributed by atoms with Crippen LogP contribution in [0.3, 0.4) is 0 Å². The van der Waals surface area contributed by atoms with E-state index in [0.29, 0.717) is 16.6 Å². The number of alkyl halides is 3. The summed E-state index contributed by atoms with van der Waals surface area (Å²) in [6, 6.07) is 7.03. The number of fused-ring (bicyclic) bond motifs is 1. The first-order valence-electron chi connectivity index (χ1n) is 9.85. The molecular weight excluding hydrogens is 412 g/mol. The second-order valence-corrected chi connectivity index (χ2v) is 8.72. The van der Waals surface area contributed by atoms with Gasteiger partial charge in [-0.25, -0.2) is 4.39 Å². The number of aromatic nitrogens is 2. The number of methoxy groups -OCH3 is 1. The third-order valence-electron chi connectivity index (χ3n) is 5.63. The van der Waals surface area contributed by atoms with E-state index >= 15 is 0 Å². The molecule has 1 unspecified atom stereocenters. The van der Waals surface area contributed by atoms with Gasteiger partial charge in [0.2, 0.25) is 0 Å². The molecular formula is C23H26F4N2O2. The molecule has 0 aliphatic heterocycles. The van der Waals surface area contributed by atoms with Crippen LogP contribution in [0.4, 0.5) is 17.6 Å². The molecule has 2 N–H and O–H groups in total. The Morgan fingerprint density at radius 1 is 1.10 bits per heavy atom. The van der Waals surface area contributed by atoms with Gasteiger partial charge in [0.25, 0.3) is 0 Å². The number of hydrogen-bond acceptors (Lipinski definition) is 3. The van der Waals surface area contributed by atoms with Gasteiger partial charge in [-0.05, 0) is 56.0 Å². The molecule has 0 saturated carbocycles. The Hall–Kier alpha value is -2.61. The maximum Gasteiger partial charge on any atom is 0.417 e. The molecule has 0 fully saturated rings. The average molecular weight is 438 g/mol. The zero-order valence-electron chi connectivity index (χ0n) is 18.1. The molecule has 4 nitrogen and oxygen atoms in total. The number of nitrogens with zero attached hydrogens (tertiary/aromatic N) is 1. The van der Waals surface area contributed by atoms with Crippen molar-refractivity contribution in [3.63, 3.8) is 0 Å². The molecule has 0 spiro atoms. The van der Waals surface area contributed by atoms with Crippen LogP contribution in [0.1, 0.15) is 42.9 Å². The standard InChI is InChI=1S/C23H26F4N2O2/c1-13-8-19-17(14(2)28-13)10-16(29-19)11-22(30,23(25,26)27)12-21(3,4)18-9-15(24)6-7-20(18)31-5/h6-10,29-30H,11-12H2,1-5H3. The van der Waals surface area contributed by atoms with E-state index in [0.717, 1.165) is 11.8 Å². The lowest BCUT2D eigenvalue weighted by molar-refractivity contribution is -0.266. The van der Waals surface area contributed by atoms with Crippen molar-refractivity contribution in [2.24, 2.45) is 0 Å². The van der Waals surface area contributed by atoms with Gasteiger partial charge < -0.3 is 14.8 Å². The zero-order chi connectivity index (χ0) is 23.2. The molecule has 3 aromatic rings. The van der Waals surface area contributed by atoms with Crippen LogP contribution >= 0.6 is 0 Å². The largest absolute Gasteiger partial charge is 0.496 e. The van der Waals surface area contributed by atoms with Gasteiger partial charge >= 0.3 is 6.18 Å². The molecule has 1 atom stereocenters. The lowest BCUT2D eigenvalue weighted by Crippen LogP contribution is -2.51. The van der Waals surface area contributed by atoms with Crippen molar-refractivity contribution in [1.82, 2.24) is 9.97 Å². The number of pyridine rings is 1. The number of halogens is 4. The summed E-state index contributed by atoms with van der Waals surface area (Å²) in [5, 5.41) is 11.6. The Morgan fingerprint density at radius 2 is 1.77 bits per heavy atom. The predicted octanol–water partition coefficient (Wildman–Crippen LogP) is 5.53. The van der Waals surface area contributed by atoms with Crippen molar-refractivity contribution in [1.29, 1.82) is 0 Å². The van der Waals surface area contributed by atoms with Crippen LogP contribution in [-0.2, 0) is 11.8 Å². The Kier molecular flexibility index (Phi) is 5.82. The van der Waals surface area contributed by atoms with Crippen LogP contribution in [0.25, 0.3) is 10.9 Å². The van der Waals surface area contributed by atoms with Gasteiger partial charge in [0.1, 0.15) is 11.6 Å². The molecule has 0 bridgehead atoms. The van der Waals surface area contributed by atoms with Crippen LogP contribution in [0.15, 0.2) is 30.3 Å². The summed E-state index contributed by atoms with van der Waals surface area (Å²) in [4.78, 5) is 7.31. The fraction of sp³-hybridized carbons (Fsp3) is 0.435. The number of aliphatic hydroxyl groups is 1. The molecule has 0 aliphatic carbocycles. The summed E-state index contributed by atoms with van der Waals surface area (Å²) in [7, 11) is 1.37. The van der Waals surface area contributed by atoms with Crippen LogP contribution in [0, 0.1) is 19.7 Å². The maximum atomic E-state index is 14.1. The fourth-order valence-electron chi connectivity index (χ4n) is 4.22. The Bertz CT molecular complexity index is 1100. The highest BCUT2D eigenvalue weighted by atomic mass is 19.4. The topological polar surface area (TPSA) is 58.1 Å². The highest BCUT2D eigenvalue weighted by molar-refractivity contribution is 5.82. The average Bonchev–Trinajstić information content (AvgIpc) is 3.02. The molecule has 1 aromatic carbocycles. The SMILES string of the molecule is COc1ccc(F)cc1C(C)(C)CC(O)(Cc1cc2c(C)nc(C)cc2[nH]1)C(F)(F)F. The van der Waals surface area contributed by atoms with Crippen molar-refractivity contribution >= 4 is 10.9 Å². The van der Waals surface area contributed by atoms with E-state index < -0.39 is 35.9 Å². The molecule has 0 radical (unpaired) electrons. The molecule has 0 saturated heterocycles. The molecule has 2 aromatic heterocycles. The first kappa shape index (κ1) is 23.1. The number of H-pyrrole nitrogens is 1. The third-order valence-corrected chi connectivity index (χ3v) is 5.63. The Balaban J connectivity index is 2.02. The van der Waals surface area contributed by atoms with Crippen LogP contribution < -0.4 is 4.74 Å². The van der Waals surface area contributed by atoms with Gasteiger partial charge in [0, 0.05) is 40.0 Å². The zero-order valence-corrected chi connectivity index (χ0v) is 18.1. The minimum Gasteiger partial charge on any atom is -0.496 e. The monoisotopic (exact) mass is 438 g/mol. The summed E-state index contributed by atoms with van der Waals surface area (Å²) in [6.07, 6.45) is -6.27. The molecule has 0 aliphatic rings. The first-order valence-corrected chi connectivity index (χ1v) is 9.85. The van der Waals surface area contributed by atoms with Gasteiger partial charge in [-0.1, -0.05) is 13.8 Å². The third kappa shape index (κ3) is 4.54. The second kappa shape index (κ2) is 7.82. The lowest BCUT2D eigenvalue weighted by atomic mass is 9.73. The first-order chi connectivity index (χ1) is 14.3. The number of aryl methyl sites for hydroxylation is 2. The molecule has 8 heteroatoms. The van der Waals surface area contributed by atoms with E-state index in [1.807, 2.05) is 0 Å². The number of benzene rings is 1. The maximum absolute atomic E-state index is 14.1. The summed E-state index contributed by atoms with van der Waals surface area (Å²) in [5.41, 5.74) is -1.70. The minimum absolute atomic E-state index is 0.243. The lowest BCUT2D eigenvalue weighted by Gasteiger charge is -2.38. The minimum atomic E-state index is -4.91. The van der Waals surface area contributed by atoms with Gasteiger partial charge in [0.15, 0.2) is 5.60 Å². The number of aromatic amines is 1. The van der Waals surface area contributed by atoms with Crippen LogP contribution in [-0.4, -0.2) is 34.0 Å². The van der Waals surface area contributed by atoms with E-state index in [9.17, 15) is 22.7 Å². The number of rotatable bonds is 6. The van der Waals surface area contributed by atoms with Crippen molar-refractivity contribution in [2.45, 2.75) is 57.7 Å². The summed E-state index contributed by atoms with van der Waals surface area (Å²) in [6.45, 7) is 6.64. The van der Waals surface area contributed by atoms with E-state index in [2.05, 4.69) is 9.97 Å². The molecule has 2 heterocycles. The molecule has 31 heavy (non-hydrogen) atoms. The predicted molar refractivity (Wildman–Crippen MR) is 111 cm³/mol. The number of ether oxygens (including phenoxy) is 1. The summed E-state index contributed by atoms with van der Waals surface area (Å²) >= 11 is 0. The van der Waals surface area contributed by atoms with E-state index in [1.165, 1.54) is 33.1 Å². The van der Waals surface area contributed by atoms with Gasteiger partial charge in [0.05, 0.1) is 7.11 Å². The van der Waals surface area contributed by atoms with Crippen LogP contribution in [0.2, 0.25) is 0 Å². The van der Waals surface area contributed by atoms with Crippen molar-refractivity contribution in [2.75, 3.05) is 7.11 Å². The van der Waals surface area contributed by atoms with E-state index in [1.54, 1.807) is 26.0 Å². The van der Waals surface area contributed by atoms with Crippen molar-refractivity contribution in [3.8, 4) is 5.75 Å². The van der Waals surface area contributed by atoms with Crippen molar-refractivity contribution in [3.05, 3.63) is 58.8 Å². The molecule has 0 amide bonds. The smallest absolute Gasteiger partial charge is 0.417 e. The Labute approximate surface area is 178 Å². The summed E-state index contributed by atoms with van der Waals surface area (Å²) < 4.78 is 61.4. The summed E-state index contributed by atoms with van der Waals surface area (Å²) in [5.74, 6) is -0.327. The fourth-order valence-corrected chi connectivity index (χ4v) is 4.22. The van der Waals surface area contributed by atoms with Crippen LogP contribution in [0.5, 0.6) is 5.75 Å². The van der Waals surface area contributed by atoms with Gasteiger partial charge in [-0.15, -0.1) is 0 Å². The van der Waals surface area contributed by atoms with Crippen molar-refractivity contribution < 1.29 is 27.4 Å². The van der Waals surface area contributed by atoms with E-state index in [-0.39, 0.29) is 17.0 Å². The van der Waals surface area contributed by atoms with E-state index in [4.69, 9.17) is 4.74 Å². The van der Waals surface area contributed by atoms with Gasteiger partial charge in [-0.3, -0.25) is 4.98 Å². The van der Waals surface area contributed by atoms with Gasteiger partial charge in [-0.2, -0.15) is 13.2 Å². The highest BCUT2D eigenvalue weighted by Crippen LogP contribution is 2.45.